The normalized spacial score (nSPS) is 30.3. The Bertz CT molecular complexity index is 263. The molecule has 1 N–H and O–H groups in total. The van der Waals surface area contributed by atoms with Crippen molar-refractivity contribution in [1.82, 2.24) is 15.1 Å². The Kier molecular flexibility index (Phi) is 6.31. The minimum atomic E-state index is 0.771. The van der Waals surface area contributed by atoms with E-state index < -0.39 is 0 Å². The van der Waals surface area contributed by atoms with Crippen LogP contribution in [0, 0.1) is 5.92 Å². The van der Waals surface area contributed by atoms with Crippen molar-refractivity contribution >= 4 is 0 Å². The third-order valence-corrected chi connectivity index (χ3v) is 5.44. The van der Waals surface area contributed by atoms with Crippen molar-refractivity contribution in [3.8, 4) is 0 Å². The summed E-state index contributed by atoms with van der Waals surface area (Å²) < 4.78 is 0. The number of nitrogens with zero attached hydrogens (tertiary/aromatic N) is 2. The average molecular weight is 281 g/mol. The van der Waals surface area contributed by atoms with E-state index in [4.69, 9.17) is 0 Å². The molecule has 0 bridgehead atoms. The fourth-order valence-electron chi connectivity index (χ4n) is 4.10. The SMILES string of the molecule is CNC1CCC(N(C)C2CCN(CC(C)C)CC2)CC1. The Hall–Kier alpha value is -0.120. The first-order valence-corrected chi connectivity index (χ1v) is 8.71. The van der Waals surface area contributed by atoms with Gasteiger partial charge < -0.3 is 15.1 Å². The lowest BCUT2D eigenvalue weighted by atomic mass is 9.88. The van der Waals surface area contributed by atoms with Gasteiger partial charge in [0.25, 0.3) is 0 Å². The summed E-state index contributed by atoms with van der Waals surface area (Å²) in [7, 11) is 4.49. The summed E-state index contributed by atoms with van der Waals surface area (Å²) in [5.74, 6) is 0.807. The van der Waals surface area contributed by atoms with Crippen LogP contribution in [-0.2, 0) is 0 Å². The zero-order valence-electron chi connectivity index (χ0n) is 14.1. The first-order valence-electron chi connectivity index (χ1n) is 8.71. The molecule has 0 aromatic carbocycles. The lowest BCUT2D eigenvalue weighted by molar-refractivity contribution is 0.0722. The van der Waals surface area contributed by atoms with Crippen molar-refractivity contribution < 1.29 is 0 Å². The molecule has 2 aliphatic rings. The Labute approximate surface area is 126 Å². The molecule has 20 heavy (non-hydrogen) atoms. The van der Waals surface area contributed by atoms with Crippen LogP contribution in [0.25, 0.3) is 0 Å². The van der Waals surface area contributed by atoms with Crippen LogP contribution in [0.4, 0.5) is 0 Å². The number of hydrogen-bond donors (Lipinski definition) is 1. The zero-order chi connectivity index (χ0) is 14.5. The predicted molar refractivity (Wildman–Crippen MR) is 87.2 cm³/mol. The van der Waals surface area contributed by atoms with Crippen LogP contribution in [0.5, 0.6) is 0 Å². The van der Waals surface area contributed by atoms with Crippen LogP contribution in [0.2, 0.25) is 0 Å². The summed E-state index contributed by atoms with van der Waals surface area (Å²) in [6, 6.07) is 2.43. The van der Waals surface area contributed by atoms with Gasteiger partial charge in [-0.3, -0.25) is 0 Å². The number of nitrogens with one attached hydrogen (secondary N) is 1. The molecule has 0 spiro atoms. The molecule has 0 radical (unpaired) electrons. The smallest absolute Gasteiger partial charge is 0.0119 e. The molecule has 2 rings (SSSR count). The predicted octanol–water partition coefficient (Wildman–Crippen LogP) is 2.57. The van der Waals surface area contributed by atoms with Crippen LogP contribution >= 0.6 is 0 Å². The summed E-state index contributed by atoms with van der Waals surface area (Å²) >= 11 is 0. The highest BCUT2D eigenvalue weighted by atomic mass is 15.2. The highest BCUT2D eigenvalue weighted by Crippen LogP contribution is 2.26. The molecular formula is C17H35N3. The Morgan fingerprint density at radius 1 is 1.00 bits per heavy atom. The van der Waals surface area contributed by atoms with Crippen LogP contribution in [0.3, 0.4) is 0 Å². The molecule has 1 saturated heterocycles. The van der Waals surface area contributed by atoms with E-state index >= 15 is 0 Å². The number of rotatable bonds is 5. The standard InChI is InChI=1S/C17H35N3/c1-14(2)13-20-11-9-17(10-12-20)19(4)16-7-5-15(18-3)6-8-16/h14-18H,5-13H2,1-4H3. The third-order valence-electron chi connectivity index (χ3n) is 5.44. The van der Waals surface area contributed by atoms with Crippen molar-refractivity contribution in [2.75, 3.05) is 33.7 Å². The maximum Gasteiger partial charge on any atom is 0.0119 e. The second-order valence-electron chi connectivity index (χ2n) is 7.39. The van der Waals surface area contributed by atoms with E-state index in [1.165, 1.54) is 58.2 Å². The quantitative estimate of drug-likeness (QED) is 0.835. The van der Waals surface area contributed by atoms with Crippen molar-refractivity contribution in [3.05, 3.63) is 0 Å². The van der Waals surface area contributed by atoms with Crippen LogP contribution < -0.4 is 5.32 Å². The van der Waals surface area contributed by atoms with Gasteiger partial charge in [-0.15, -0.1) is 0 Å². The molecule has 0 aromatic rings. The van der Waals surface area contributed by atoms with Gasteiger partial charge in [0.05, 0.1) is 0 Å². The largest absolute Gasteiger partial charge is 0.317 e. The highest BCUT2D eigenvalue weighted by molar-refractivity contribution is 4.86. The Balaban J connectivity index is 1.73. The minimum Gasteiger partial charge on any atom is -0.317 e. The van der Waals surface area contributed by atoms with E-state index in [-0.39, 0.29) is 0 Å². The van der Waals surface area contributed by atoms with Gasteiger partial charge in [-0.2, -0.15) is 0 Å². The maximum atomic E-state index is 3.44. The second-order valence-corrected chi connectivity index (χ2v) is 7.39. The van der Waals surface area contributed by atoms with E-state index in [1.807, 2.05) is 0 Å². The topological polar surface area (TPSA) is 18.5 Å². The van der Waals surface area contributed by atoms with Crippen LogP contribution in [-0.4, -0.2) is 61.7 Å². The van der Waals surface area contributed by atoms with E-state index in [0.717, 1.165) is 24.0 Å². The molecule has 0 unspecified atom stereocenters. The second kappa shape index (κ2) is 7.77. The highest BCUT2D eigenvalue weighted by Gasteiger charge is 2.29. The summed E-state index contributed by atoms with van der Waals surface area (Å²) in [4.78, 5) is 5.38. The van der Waals surface area contributed by atoms with Crippen molar-refractivity contribution in [1.29, 1.82) is 0 Å². The number of likely N-dealkylation sites (tertiary alicyclic amines) is 1. The lowest BCUT2D eigenvalue weighted by Gasteiger charge is -2.43. The van der Waals surface area contributed by atoms with E-state index in [1.54, 1.807) is 0 Å². The molecule has 1 saturated carbocycles. The van der Waals surface area contributed by atoms with Gasteiger partial charge in [0.15, 0.2) is 0 Å². The number of hydrogen-bond acceptors (Lipinski definition) is 3. The van der Waals surface area contributed by atoms with Gasteiger partial charge in [-0.25, -0.2) is 0 Å². The molecule has 1 heterocycles. The van der Waals surface area contributed by atoms with E-state index in [9.17, 15) is 0 Å². The molecule has 0 aromatic heterocycles. The third kappa shape index (κ3) is 4.44. The zero-order valence-corrected chi connectivity index (χ0v) is 14.1. The molecule has 118 valence electrons. The van der Waals surface area contributed by atoms with Crippen molar-refractivity contribution in [2.45, 2.75) is 70.5 Å². The Morgan fingerprint density at radius 2 is 1.55 bits per heavy atom. The first-order chi connectivity index (χ1) is 9.60. The number of piperidine rings is 1. The van der Waals surface area contributed by atoms with Gasteiger partial charge in [0.1, 0.15) is 0 Å². The van der Waals surface area contributed by atoms with Crippen LogP contribution in [0.1, 0.15) is 52.4 Å². The molecular weight excluding hydrogens is 246 g/mol. The molecule has 2 fully saturated rings. The fourth-order valence-corrected chi connectivity index (χ4v) is 4.10. The van der Waals surface area contributed by atoms with E-state index in [2.05, 4.69) is 43.1 Å². The first kappa shape index (κ1) is 16.3. The average Bonchev–Trinajstić information content (AvgIpc) is 2.47. The monoisotopic (exact) mass is 281 g/mol. The van der Waals surface area contributed by atoms with E-state index in [0.29, 0.717) is 0 Å². The maximum absolute atomic E-state index is 3.44. The van der Waals surface area contributed by atoms with Gasteiger partial charge in [-0.05, 0) is 71.6 Å². The lowest BCUT2D eigenvalue weighted by Crippen LogP contribution is -2.49. The van der Waals surface area contributed by atoms with Gasteiger partial charge in [-0.1, -0.05) is 13.8 Å². The summed E-state index contributed by atoms with van der Waals surface area (Å²) in [6.07, 6.45) is 8.22. The van der Waals surface area contributed by atoms with Gasteiger partial charge in [0, 0.05) is 24.7 Å². The summed E-state index contributed by atoms with van der Waals surface area (Å²) in [5, 5.41) is 3.44. The molecule has 1 aliphatic heterocycles. The summed E-state index contributed by atoms with van der Waals surface area (Å²) in [6.45, 7) is 8.55. The van der Waals surface area contributed by atoms with Gasteiger partial charge >= 0.3 is 0 Å². The molecule has 0 amide bonds. The van der Waals surface area contributed by atoms with Crippen molar-refractivity contribution in [3.63, 3.8) is 0 Å². The fraction of sp³-hybridized carbons (Fsp3) is 1.00. The molecule has 1 aliphatic carbocycles. The molecule has 0 atom stereocenters. The summed E-state index contributed by atoms with van der Waals surface area (Å²) in [5.41, 5.74) is 0. The van der Waals surface area contributed by atoms with Gasteiger partial charge in [0.2, 0.25) is 0 Å². The minimum absolute atomic E-state index is 0.771. The Morgan fingerprint density at radius 3 is 2.05 bits per heavy atom. The van der Waals surface area contributed by atoms with Crippen molar-refractivity contribution in [2.24, 2.45) is 5.92 Å². The molecule has 3 nitrogen and oxygen atoms in total. The molecule has 3 heteroatoms. The van der Waals surface area contributed by atoms with Crippen LogP contribution in [0.15, 0.2) is 0 Å².